The fraction of sp³-hybridized carbons (Fsp3) is 0.318. The molecule has 4 rings (SSSR count). The molecule has 3 aromatic rings. The SMILES string of the molecule is CCCCc1cc(=O)oc2c(C)c3c(cc12)CN(c1cccc(Cl)c1)CO3. The molecule has 1 aromatic heterocycles. The molecule has 0 spiro atoms. The van der Waals surface area contributed by atoms with E-state index in [1.54, 1.807) is 6.07 Å². The number of hydrogen-bond donors (Lipinski definition) is 0. The largest absolute Gasteiger partial charge is 0.472 e. The number of hydrogen-bond acceptors (Lipinski definition) is 4. The second-order valence-electron chi connectivity index (χ2n) is 7.01. The second-order valence-corrected chi connectivity index (χ2v) is 7.45. The molecule has 0 aliphatic carbocycles. The highest BCUT2D eigenvalue weighted by Crippen LogP contribution is 2.37. The maximum atomic E-state index is 12.0. The number of anilines is 1. The van der Waals surface area contributed by atoms with E-state index in [0.717, 1.165) is 59.3 Å². The Hall–Kier alpha value is -2.46. The highest BCUT2D eigenvalue weighted by Gasteiger charge is 2.23. The van der Waals surface area contributed by atoms with Gasteiger partial charge < -0.3 is 14.1 Å². The summed E-state index contributed by atoms with van der Waals surface area (Å²) in [6.45, 7) is 5.26. The molecule has 5 heteroatoms. The van der Waals surface area contributed by atoms with E-state index in [0.29, 0.717) is 17.3 Å². The molecule has 0 radical (unpaired) electrons. The monoisotopic (exact) mass is 383 g/mol. The Kier molecular flexibility index (Phi) is 4.83. The maximum absolute atomic E-state index is 12.0. The molecule has 0 unspecified atom stereocenters. The zero-order valence-electron chi connectivity index (χ0n) is 15.5. The first-order valence-corrected chi connectivity index (χ1v) is 9.67. The van der Waals surface area contributed by atoms with Gasteiger partial charge in [0.15, 0.2) is 6.73 Å². The lowest BCUT2D eigenvalue weighted by molar-refractivity contribution is 0.287. The summed E-state index contributed by atoms with van der Waals surface area (Å²) in [5.41, 5.74) is 4.41. The van der Waals surface area contributed by atoms with Crippen LogP contribution in [0, 0.1) is 6.92 Å². The van der Waals surface area contributed by atoms with Gasteiger partial charge in [0.05, 0.1) is 0 Å². The summed E-state index contributed by atoms with van der Waals surface area (Å²) in [5.74, 6) is 0.816. The van der Waals surface area contributed by atoms with Gasteiger partial charge in [-0.3, -0.25) is 0 Å². The van der Waals surface area contributed by atoms with Crippen LogP contribution >= 0.6 is 11.6 Å². The van der Waals surface area contributed by atoms with Crippen molar-refractivity contribution in [2.24, 2.45) is 0 Å². The summed E-state index contributed by atoms with van der Waals surface area (Å²) in [6, 6.07) is 11.5. The number of unbranched alkanes of at least 4 members (excludes halogenated alkanes) is 1. The first kappa shape index (κ1) is 17.9. The zero-order valence-corrected chi connectivity index (χ0v) is 16.3. The molecule has 2 aromatic carbocycles. The van der Waals surface area contributed by atoms with Crippen LogP contribution in [-0.2, 0) is 13.0 Å². The molecule has 27 heavy (non-hydrogen) atoms. The molecule has 0 saturated heterocycles. The van der Waals surface area contributed by atoms with Crippen LogP contribution in [0.2, 0.25) is 5.02 Å². The Bertz CT molecular complexity index is 1060. The number of nitrogens with zero attached hydrogens (tertiary/aromatic N) is 1. The predicted octanol–water partition coefficient (Wildman–Crippen LogP) is 5.45. The lowest BCUT2D eigenvalue weighted by Gasteiger charge is -2.32. The molecular weight excluding hydrogens is 362 g/mol. The van der Waals surface area contributed by atoms with Crippen molar-refractivity contribution in [2.75, 3.05) is 11.6 Å². The lowest BCUT2D eigenvalue weighted by Crippen LogP contribution is -2.32. The Morgan fingerprint density at radius 2 is 2.07 bits per heavy atom. The minimum absolute atomic E-state index is 0.298. The molecule has 0 saturated carbocycles. The standard InChI is InChI=1S/C22H22ClNO3/c1-3-4-6-15-10-20(25)27-22-14(2)21-16(9-19(15)22)12-24(13-26-21)18-8-5-7-17(23)11-18/h5,7-11H,3-4,6,12-13H2,1-2H3. The van der Waals surface area contributed by atoms with Crippen LogP contribution in [0.4, 0.5) is 5.69 Å². The van der Waals surface area contributed by atoms with Gasteiger partial charge in [-0.1, -0.05) is 31.0 Å². The van der Waals surface area contributed by atoms with Gasteiger partial charge in [-0.25, -0.2) is 4.79 Å². The van der Waals surface area contributed by atoms with Crippen molar-refractivity contribution in [3.8, 4) is 5.75 Å². The second kappa shape index (κ2) is 7.28. The van der Waals surface area contributed by atoms with Gasteiger partial charge in [0, 0.05) is 39.8 Å². The van der Waals surface area contributed by atoms with E-state index in [9.17, 15) is 4.79 Å². The zero-order chi connectivity index (χ0) is 19.0. The number of fused-ring (bicyclic) bond motifs is 2. The van der Waals surface area contributed by atoms with E-state index in [1.165, 1.54) is 0 Å². The Labute approximate surface area is 163 Å². The van der Waals surface area contributed by atoms with Crippen LogP contribution in [0.5, 0.6) is 5.75 Å². The number of aryl methyl sites for hydroxylation is 2. The van der Waals surface area contributed by atoms with Crippen LogP contribution in [0.3, 0.4) is 0 Å². The Morgan fingerprint density at radius 1 is 1.22 bits per heavy atom. The average molecular weight is 384 g/mol. The van der Waals surface area contributed by atoms with Crippen molar-refractivity contribution in [2.45, 2.75) is 39.7 Å². The van der Waals surface area contributed by atoms with Gasteiger partial charge in [0.25, 0.3) is 0 Å². The van der Waals surface area contributed by atoms with Crippen LogP contribution in [0.25, 0.3) is 11.0 Å². The average Bonchev–Trinajstić information content (AvgIpc) is 2.66. The van der Waals surface area contributed by atoms with Crippen molar-refractivity contribution < 1.29 is 9.15 Å². The summed E-state index contributed by atoms with van der Waals surface area (Å²) >= 11 is 6.14. The van der Waals surface area contributed by atoms with E-state index >= 15 is 0 Å². The van der Waals surface area contributed by atoms with Crippen molar-refractivity contribution in [1.82, 2.24) is 0 Å². The van der Waals surface area contributed by atoms with Gasteiger partial charge in [-0.05, 0) is 49.6 Å². The van der Waals surface area contributed by atoms with Crippen molar-refractivity contribution in [3.63, 3.8) is 0 Å². The molecule has 0 atom stereocenters. The number of benzene rings is 2. The van der Waals surface area contributed by atoms with E-state index in [1.807, 2.05) is 31.2 Å². The summed E-state index contributed by atoms with van der Waals surface area (Å²) < 4.78 is 11.6. The van der Waals surface area contributed by atoms with Gasteiger partial charge in [0.1, 0.15) is 11.3 Å². The molecule has 0 bridgehead atoms. The van der Waals surface area contributed by atoms with Gasteiger partial charge in [-0.15, -0.1) is 0 Å². The van der Waals surface area contributed by atoms with E-state index in [4.69, 9.17) is 20.8 Å². The van der Waals surface area contributed by atoms with Gasteiger partial charge in [0.2, 0.25) is 0 Å². The topological polar surface area (TPSA) is 42.7 Å². The summed E-state index contributed by atoms with van der Waals surface area (Å²) in [6.07, 6.45) is 2.99. The lowest BCUT2D eigenvalue weighted by atomic mass is 9.98. The third-order valence-electron chi connectivity index (χ3n) is 5.08. The highest BCUT2D eigenvalue weighted by atomic mass is 35.5. The Morgan fingerprint density at radius 3 is 2.85 bits per heavy atom. The molecule has 140 valence electrons. The number of halogens is 1. The van der Waals surface area contributed by atoms with Gasteiger partial charge in [-0.2, -0.15) is 0 Å². The van der Waals surface area contributed by atoms with Crippen molar-refractivity contribution in [3.05, 3.63) is 68.5 Å². The first-order chi connectivity index (χ1) is 13.1. The first-order valence-electron chi connectivity index (χ1n) is 9.29. The highest BCUT2D eigenvalue weighted by molar-refractivity contribution is 6.30. The van der Waals surface area contributed by atoms with E-state index in [2.05, 4.69) is 17.9 Å². The predicted molar refractivity (Wildman–Crippen MR) is 109 cm³/mol. The van der Waals surface area contributed by atoms with E-state index < -0.39 is 0 Å². The molecule has 1 aliphatic heterocycles. The maximum Gasteiger partial charge on any atom is 0.336 e. The molecule has 0 amide bonds. The molecule has 2 heterocycles. The van der Waals surface area contributed by atoms with Crippen LogP contribution in [0.15, 0.2) is 45.6 Å². The molecule has 4 nitrogen and oxygen atoms in total. The van der Waals surface area contributed by atoms with Gasteiger partial charge >= 0.3 is 5.63 Å². The molecular formula is C22H22ClNO3. The third-order valence-corrected chi connectivity index (χ3v) is 5.31. The summed E-state index contributed by atoms with van der Waals surface area (Å²) in [7, 11) is 0. The fourth-order valence-electron chi connectivity index (χ4n) is 3.70. The smallest absolute Gasteiger partial charge is 0.336 e. The molecule has 0 N–H and O–H groups in total. The third kappa shape index (κ3) is 3.42. The quantitative estimate of drug-likeness (QED) is 0.561. The summed E-state index contributed by atoms with van der Waals surface area (Å²) in [4.78, 5) is 14.2. The van der Waals surface area contributed by atoms with Crippen molar-refractivity contribution in [1.29, 1.82) is 0 Å². The van der Waals surface area contributed by atoms with Crippen LogP contribution in [0.1, 0.15) is 36.5 Å². The normalized spacial score (nSPS) is 13.5. The molecule has 1 aliphatic rings. The number of ether oxygens (including phenoxy) is 1. The summed E-state index contributed by atoms with van der Waals surface area (Å²) in [5, 5.41) is 1.72. The number of rotatable bonds is 4. The Balaban J connectivity index is 1.80. The van der Waals surface area contributed by atoms with Crippen molar-refractivity contribution >= 4 is 28.3 Å². The minimum Gasteiger partial charge on any atom is -0.472 e. The minimum atomic E-state index is -0.298. The fourth-order valence-corrected chi connectivity index (χ4v) is 3.88. The van der Waals surface area contributed by atoms with Crippen LogP contribution in [-0.4, -0.2) is 6.73 Å². The molecule has 0 fully saturated rings. The van der Waals surface area contributed by atoms with Crippen LogP contribution < -0.4 is 15.3 Å². The van der Waals surface area contributed by atoms with E-state index in [-0.39, 0.29) is 5.63 Å².